The third-order valence-corrected chi connectivity index (χ3v) is 5.36. The van der Waals surface area contributed by atoms with Gasteiger partial charge < -0.3 is 21.3 Å². The van der Waals surface area contributed by atoms with Crippen molar-refractivity contribution in [3.05, 3.63) is 101 Å². The number of hydrogen-bond acceptors (Lipinski definition) is 4. The molecule has 0 saturated heterocycles. The maximum atomic E-state index is 12.6. The number of carbonyl (C=O) groups is 2. The predicted octanol–water partition coefficient (Wildman–Crippen LogP) is 4.20. The standard InChI is InChI=1S/C28H30N6O2.ClH/c1-29-26(30-2)20-10-14-23(15-11-20)33-25(35)18-7-19-5-8-22(9-6-19)28(36)34-24-16-12-21(13-17-24)27(31-3)32-4;/h5-18H,1-4H3,(H,29,30)(H,31,32)(H,33,35)(H,34,36);1H/b18-7-;. The molecule has 192 valence electrons. The van der Waals surface area contributed by atoms with E-state index in [-0.39, 0.29) is 24.2 Å². The first-order valence-electron chi connectivity index (χ1n) is 11.4. The van der Waals surface area contributed by atoms with Crippen molar-refractivity contribution < 1.29 is 9.59 Å². The van der Waals surface area contributed by atoms with Crippen molar-refractivity contribution in [1.82, 2.24) is 10.6 Å². The second kappa shape index (κ2) is 14.2. The van der Waals surface area contributed by atoms with Gasteiger partial charge in [-0.2, -0.15) is 0 Å². The Kier molecular flexibility index (Phi) is 11.1. The Morgan fingerprint density at radius 2 is 1.08 bits per heavy atom. The quantitative estimate of drug-likeness (QED) is 0.213. The van der Waals surface area contributed by atoms with Crippen LogP contribution in [0.3, 0.4) is 0 Å². The number of aliphatic imine (C=N–C) groups is 2. The van der Waals surface area contributed by atoms with Gasteiger partial charge in [-0.05, 0) is 72.3 Å². The molecule has 4 N–H and O–H groups in total. The van der Waals surface area contributed by atoms with Crippen molar-refractivity contribution >= 4 is 53.3 Å². The summed E-state index contributed by atoms with van der Waals surface area (Å²) in [6, 6.07) is 21.9. The van der Waals surface area contributed by atoms with Crippen molar-refractivity contribution in [2.45, 2.75) is 0 Å². The topological polar surface area (TPSA) is 107 Å². The number of carbonyl (C=O) groups excluding carboxylic acids is 2. The minimum atomic E-state index is -0.249. The summed E-state index contributed by atoms with van der Waals surface area (Å²) < 4.78 is 0. The minimum Gasteiger partial charge on any atom is -0.373 e. The summed E-state index contributed by atoms with van der Waals surface area (Å²) in [6.45, 7) is 0. The molecule has 9 heteroatoms. The van der Waals surface area contributed by atoms with Gasteiger partial charge in [0.1, 0.15) is 11.7 Å². The summed E-state index contributed by atoms with van der Waals surface area (Å²) in [5, 5.41) is 11.8. The summed E-state index contributed by atoms with van der Waals surface area (Å²) in [7, 11) is 7.05. The van der Waals surface area contributed by atoms with Gasteiger partial charge in [0.25, 0.3) is 5.91 Å². The number of rotatable bonds is 7. The Hall–Kier alpha value is -4.43. The molecule has 0 aromatic heterocycles. The Balaban J connectivity index is 0.00000481. The van der Waals surface area contributed by atoms with E-state index in [0.717, 1.165) is 28.4 Å². The number of amides is 2. The van der Waals surface area contributed by atoms with Gasteiger partial charge in [0.2, 0.25) is 5.91 Å². The highest BCUT2D eigenvalue weighted by atomic mass is 35.5. The Labute approximate surface area is 223 Å². The van der Waals surface area contributed by atoms with E-state index in [1.165, 1.54) is 6.08 Å². The second-order valence-corrected chi connectivity index (χ2v) is 7.70. The lowest BCUT2D eigenvalue weighted by molar-refractivity contribution is -0.111. The van der Waals surface area contributed by atoms with Crippen LogP contribution >= 0.6 is 12.4 Å². The first-order valence-corrected chi connectivity index (χ1v) is 11.4. The van der Waals surface area contributed by atoms with E-state index in [0.29, 0.717) is 16.9 Å². The molecule has 8 nitrogen and oxygen atoms in total. The molecule has 0 spiro atoms. The molecule has 0 aliphatic rings. The lowest BCUT2D eigenvalue weighted by Gasteiger charge is -2.08. The zero-order valence-electron chi connectivity index (χ0n) is 21.2. The van der Waals surface area contributed by atoms with E-state index >= 15 is 0 Å². The van der Waals surface area contributed by atoms with E-state index in [2.05, 4.69) is 31.3 Å². The first kappa shape index (κ1) is 28.8. The summed E-state index contributed by atoms with van der Waals surface area (Å²) in [4.78, 5) is 33.2. The van der Waals surface area contributed by atoms with Crippen molar-refractivity contribution in [2.24, 2.45) is 9.98 Å². The predicted molar refractivity (Wildman–Crippen MR) is 155 cm³/mol. The van der Waals surface area contributed by atoms with Crippen molar-refractivity contribution in [3.8, 4) is 0 Å². The van der Waals surface area contributed by atoms with Crippen LogP contribution in [0, 0.1) is 0 Å². The summed E-state index contributed by atoms with van der Waals surface area (Å²) >= 11 is 0. The smallest absolute Gasteiger partial charge is 0.255 e. The highest BCUT2D eigenvalue weighted by Crippen LogP contribution is 2.14. The van der Waals surface area contributed by atoms with Crippen LogP contribution in [0.4, 0.5) is 11.4 Å². The number of halogens is 1. The van der Waals surface area contributed by atoms with Gasteiger partial charge in [-0.25, -0.2) is 0 Å². The zero-order chi connectivity index (χ0) is 25.9. The number of hydrogen-bond donors (Lipinski definition) is 4. The van der Waals surface area contributed by atoms with Gasteiger partial charge in [0.15, 0.2) is 0 Å². The number of amidine groups is 2. The average molecular weight is 519 g/mol. The fourth-order valence-electron chi connectivity index (χ4n) is 3.50. The van der Waals surface area contributed by atoms with E-state index in [4.69, 9.17) is 0 Å². The van der Waals surface area contributed by atoms with Crippen LogP contribution in [0.2, 0.25) is 0 Å². The summed E-state index contributed by atoms with van der Waals surface area (Å²) in [5.74, 6) is 1.08. The maximum absolute atomic E-state index is 12.6. The molecule has 0 unspecified atom stereocenters. The van der Waals surface area contributed by atoms with Gasteiger partial charge in [-0.15, -0.1) is 12.4 Å². The molecule has 37 heavy (non-hydrogen) atoms. The highest BCUT2D eigenvalue weighted by Gasteiger charge is 2.07. The maximum Gasteiger partial charge on any atom is 0.255 e. The molecule has 0 atom stereocenters. The molecule has 3 aromatic carbocycles. The lowest BCUT2D eigenvalue weighted by atomic mass is 10.1. The van der Waals surface area contributed by atoms with Crippen LogP contribution in [0.15, 0.2) is 88.9 Å². The summed E-state index contributed by atoms with van der Waals surface area (Å²) in [5.41, 5.74) is 4.56. The molecule has 0 aliphatic carbocycles. The lowest BCUT2D eigenvalue weighted by Crippen LogP contribution is -2.19. The third-order valence-electron chi connectivity index (χ3n) is 5.36. The van der Waals surface area contributed by atoms with E-state index < -0.39 is 0 Å². The van der Waals surface area contributed by atoms with Gasteiger partial charge in [-0.1, -0.05) is 12.1 Å². The Morgan fingerprint density at radius 1 is 0.649 bits per heavy atom. The summed E-state index contributed by atoms with van der Waals surface area (Å²) in [6.07, 6.45) is 3.15. The van der Waals surface area contributed by atoms with Crippen LogP contribution < -0.4 is 21.3 Å². The molecule has 2 amide bonds. The van der Waals surface area contributed by atoms with Crippen LogP contribution in [0.5, 0.6) is 0 Å². The largest absolute Gasteiger partial charge is 0.373 e. The van der Waals surface area contributed by atoms with Gasteiger partial charge >= 0.3 is 0 Å². The molecule has 3 aromatic rings. The molecular formula is C28H31ClN6O2. The van der Waals surface area contributed by atoms with Gasteiger partial charge in [-0.3, -0.25) is 19.6 Å². The molecule has 0 saturated carbocycles. The number of nitrogens with one attached hydrogen (secondary N) is 4. The fraction of sp³-hybridized carbons (Fsp3) is 0.143. The van der Waals surface area contributed by atoms with Crippen molar-refractivity contribution in [2.75, 3.05) is 38.8 Å². The minimum absolute atomic E-state index is 0. The first-order chi connectivity index (χ1) is 17.5. The highest BCUT2D eigenvalue weighted by molar-refractivity contribution is 6.05. The normalized spacial score (nSPS) is 11.5. The molecular weight excluding hydrogens is 488 g/mol. The van der Waals surface area contributed by atoms with Crippen molar-refractivity contribution in [1.29, 1.82) is 0 Å². The van der Waals surface area contributed by atoms with Crippen LogP contribution in [0.1, 0.15) is 27.0 Å². The monoisotopic (exact) mass is 518 g/mol. The number of nitrogens with zero attached hydrogens (tertiary/aromatic N) is 2. The fourth-order valence-corrected chi connectivity index (χ4v) is 3.50. The molecule has 0 fully saturated rings. The van der Waals surface area contributed by atoms with Crippen molar-refractivity contribution in [3.63, 3.8) is 0 Å². The Morgan fingerprint density at radius 3 is 1.51 bits per heavy atom. The van der Waals surface area contributed by atoms with Crippen LogP contribution in [-0.2, 0) is 4.79 Å². The number of benzene rings is 3. The number of anilines is 2. The van der Waals surface area contributed by atoms with E-state index in [1.54, 1.807) is 44.4 Å². The van der Waals surface area contributed by atoms with E-state index in [9.17, 15) is 9.59 Å². The molecule has 0 heterocycles. The molecule has 0 radical (unpaired) electrons. The van der Waals surface area contributed by atoms with E-state index in [1.807, 2.05) is 62.6 Å². The van der Waals surface area contributed by atoms with Crippen LogP contribution in [0.25, 0.3) is 6.08 Å². The molecule has 3 rings (SSSR count). The molecule has 0 aliphatic heterocycles. The third kappa shape index (κ3) is 8.05. The Bertz CT molecular complexity index is 1280. The van der Waals surface area contributed by atoms with Crippen LogP contribution in [-0.4, -0.2) is 51.7 Å². The second-order valence-electron chi connectivity index (χ2n) is 7.70. The van der Waals surface area contributed by atoms with Gasteiger partial charge in [0, 0.05) is 62.3 Å². The molecule has 0 bridgehead atoms. The van der Waals surface area contributed by atoms with Gasteiger partial charge in [0.05, 0.1) is 0 Å². The average Bonchev–Trinajstić information content (AvgIpc) is 2.91. The zero-order valence-corrected chi connectivity index (χ0v) is 22.0. The SMILES string of the molecule is CN=C(NC)c1ccc(NC(=O)/C=C\c2ccc(C(=O)Nc3ccc(C(=NC)NC)cc3)cc2)cc1.Cl.